The van der Waals surface area contributed by atoms with Gasteiger partial charge in [-0.15, -0.1) is 0 Å². The van der Waals surface area contributed by atoms with E-state index in [0.717, 1.165) is 36.7 Å². The second-order valence-electron chi connectivity index (χ2n) is 6.89. The van der Waals surface area contributed by atoms with Crippen LogP contribution in [-0.2, 0) is 6.54 Å². The number of hydrogen-bond acceptors (Lipinski definition) is 2. The van der Waals surface area contributed by atoms with E-state index >= 15 is 0 Å². The molecule has 2 fully saturated rings. The number of piperazine rings is 1. The Bertz CT molecular complexity index is 487. The fraction of sp³-hybridized carbons (Fsp3) is 0.667. The predicted octanol–water partition coefficient (Wildman–Crippen LogP) is 3.40. The van der Waals surface area contributed by atoms with Crippen molar-refractivity contribution in [2.75, 3.05) is 13.1 Å². The quantitative estimate of drug-likeness (QED) is 0.914. The number of nitrogens with zero attached hydrogens (tertiary/aromatic N) is 1. The van der Waals surface area contributed by atoms with E-state index in [4.69, 9.17) is 0 Å². The lowest BCUT2D eigenvalue weighted by atomic mass is 10.0. The van der Waals surface area contributed by atoms with Crippen molar-refractivity contribution in [3.8, 4) is 0 Å². The number of nitrogens with one attached hydrogen (secondary N) is 1. The molecule has 0 aromatic heterocycles. The maximum Gasteiger partial charge on any atom is 0.129 e. The molecule has 1 N–H and O–H groups in total. The van der Waals surface area contributed by atoms with Crippen LogP contribution in [0.1, 0.15) is 42.9 Å². The number of hydrogen-bond donors (Lipinski definition) is 1. The van der Waals surface area contributed by atoms with Crippen molar-refractivity contribution in [3.63, 3.8) is 0 Å². The molecule has 3 rings (SSSR count). The van der Waals surface area contributed by atoms with Gasteiger partial charge in [-0.05, 0) is 55.7 Å². The highest BCUT2D eigenvalue weighted by Crippen LogP contribution is 2.34. The van der Waals surface area contributed by atoms with Crippen LogP contribution in [0.3, 0.4) is 0 Å². The highest BCUT2D eigenvalue weighted by atomic mass is 19.1. The third-order valence-electron chi connectivity index (χ3n) is 5.11. The molecule has 0 radical (unpaired) electrons. The van der Waals surface area contributed by atoms with Crippen LogP contribution in [0, 0.1) is 25.6 Å². The molecule has 0 spiro atoms. The Hall–Kier alpha value is -0.930. The second kappa shape index (κ2) is 6.05. The van der Waals surface area contributed by atoms with Gasteiger partial charge in [0.2, 0.25) is 0 Å². The Labute approximate surface area is 127 Å². The average Bonchev–Trinajstić information content (AvgIpc) is 3.29. The van der Waals surface area contributed by atoms with Gasteiger partial charge in [-0.2, -0.15) is 0 Å². The first-order valence-corrected chi connectivity index (χ1v) is 8.31. The lowest BCUT2D eigenvalue weighted by Gasteiger charge is -2.40. The summed E-state index contributed by atoms with van der Waals surface area (Å²) in [4.78, 5) is 2.60. The SMILES string of the molecule is CCC1CNC(C2CC2)CN1Cc1cc(C)c(F)c(C)c1. The van der Waals surface area contributed by atoms with Crippen molar-refractivity contribution in [2.24, 2.45) is 5.92 Å². The number of halogens is 1. The van der Waals surface area contributed by atoms with Gasteiger partial charge in [-0.3, -0.25) is 4.90 Å². The number of benzene rings is 1. The lowest BCUT2D eigenvalue weighted by Crippen LogP contribution is -2.56. The standard InChI is InChI=1S/C18H27FN2/c1-4-16-9-20-17(15-5-6-15)11-21(16)10-14-7-12(2)18(19)13(3)8-14/h7-8,15-17,20H,4-6,9-11H2,1-3H3. The summed E-state index contributed by atoms with van der Waals surface area (Å²) in [5, 5.41) is 3.73. The maximum atomic E-state index is 13.8. The Balaban J connectivity index is 1.74. The van der Waals surface area contributed by atoms with E-state index in [0.29, 0.717) is 12.1 Å². The van der Waals surface area contributed by atoms with Gasteiger partial charge < -0.3 is 5.32 Å². The fourth-order valence-electron chi connectivity index (χ4n) is 3.65. The molecule has 0 bridgehead atoms. The molecule has 2 nitrogen and oxygen atoms in total. The van der Waals surface area contributed by atoms with Gasteiger partial charge in [0.05, 0.1) is 0 Å². The first kappa shape index (κ1) is 15.0. The number of aryl methyl sites for hydroxylation is 2. The van der Waals surface area contributed by atoms with Crippen molar-refractivity contribution >= 4 is 0 Å². The van der Waals surface area contributed by atoms with Crippen molar-refractivity contribution in [3.05, 3.63) is 34.6 Å². The molecule has 3 heteroatoms. The highest BCUT2D eigenvalue weighted by Gasteiger charge is 2.36. The monoisotopic (exact) mass is 290 g/mol. The largest absolute Gasteiger partial charge is 0.311 e. The number of rotatable bonds is 4. The average molecular weight is 290 g/mol. The molecule has 0 amide bonds. The molecule has 2 atom stereocenters. The van der Waals surface area contributed by atoms with Crippen molar-refractivity contribution in [1.29, 1.82) is 0 Å². The summed E-state index contributed by atoms with van der Waals surface area (Å²) in [6.45, 7) is 9.18. The molecule has 21 heavy (non-hydrogen) atoms. The molecule has 1 aromatic rings. The molecule has 1 heterocycles. The zero-order valence-electron chi connectivity index (χ0n) is 13.5. The van der Waals surface area contributed by atoms with Gasteiger partial charge in [-0.25, -0.2) is 4.39 Å². The van der Waals surface area contributed by atoms with Crippen LogP contribution in [0.15, 0.2) is 12.1 Å². The smallest absolute Gasteiger partial charge is 0.129 e. The van der Waals surface area contributed by atoms with Crippen LogP contribution < -0.4 is 5.32 Å². The summed E-state index contributed by atoms with van der Waals surface area (Å²) in [6.07, 6.45) is 3.94. The third kappa shape index (κ3) is 3.29. The molecule has 1 aromatic carbocycles. The third-order valence-corrected chi connectivity index (χ3v) is 5.11. The summed E-state index contributed by atoms with van der Waals surface area (Å²) < 4.78 is 13.8. The molecule has 116 valence electrons. The summed E-state index contributed by atoms with van der Waals surface area (Å²) in [7, 11) is 0. The Kier molecular flexibility index (Phi) is 4.32. The van der Waals surface area contributed by atoms with E-state index in [1.165, 1.54) is 24.8 Å². The van der Waals surface area contributed by atoms with Crippen molar-refractivity contribution in [2.45, 2.75) is 58.7 Å². The minimum Gasteiger partial charge on any atom is -0.311 e. The second-order valence-corrected chi connectivity index (χ2v) is 6.89. The van der Waals surface area contributed by atoms with Crippen LogP contribution in [0.2, 0.25) is 0 Å². The Morgan fingerprint density at radius 2 is 1.90 bits per heavy atom. The minimum absolute atomic E-state index is 0.0537. The van der Waals surface area contributed by atoms with Gasteiger partial charge in [-0.1, -0.05) is 19.1 Å². The molecule has 1 aliphatic carbocycles. The Morgan fingerprint density at radius 3 is 2.48 bits per heavy atom. The lowest BCUT2D eigenvalue weighted by molar-refractivity contribution is 0.111. The fourth-order valence-corrected chi connectivity index (χ4v) is 3.65. The molecule has 1 aliphatic heterocycles. The zero-order valence-corrected chi connectivity index (χ0v) is 13.5. The van der Waals surface area contributed by atoms with Crippen LogP contribution >= 0.6 is 0 Å². The van der Waals surface area contributed by atoms with E-state index in [9.17, 15) is 4.39 Å². The summed E-state index contributed by atoms with van der Waals surface area (Å²) >= 11 is 0. The van der Waals surface area contributed by atoms with Crippen LogP contribution in [0.25, 0.3) is 0 Å². The van der Waals surface area contributed by atoms with Gasteiger partial charge in [0.25, 0.3) is 0 Å². The molecule has 1 saturated carbocycles. The van der Waals surface area contributed by atoms with E-state index in [-0.39, 0.29) is 5.82 Å². The van der Waals surface area contributed by atoms with Gasteiger partial charge in [0.15, 0.2) is 0 Å². The summed E-state index contributed by atoms with van der Waals surface area (Å²) in [6, 6.07) is 5.30. The molecule has 2 aliphatic rings. The maximum absolute atomic E-state index is 13.8. The molecule has 2 unspecified atom stereocenters. The first-order valence-electron chi connectivity index (χ1n) is 8.31. The minimum atomic E-state index is -0.0537. The van der Waals surface area contributed by atoms with Gasteiger partial charge in [0.1, 0.15) is 5.82 Å². The molecule has 1 saturated heterocycles. The van der Waals surface area contributed by atoms with Gasteiger partial charge >= 0.3 is 0 Å². The predicted molar refractivity (Wildman–Crippen MR) is 84.9 cm³/mol. The Morgan fingerprint density at radius 1 is 1.24 bits per heavy atom. The van der Waals surface area contributed by atoms with E-state index in [1.807, 2.05) is 26.0 Å². The molecular weight excluding hydrogens is 263 g/mol. The highest BCUT2D eigenvalue weighted by molar-refractivity contribution is 5.30. The van der Waals surface area contributed by atoms with E-state index in [2.05, 4.69) is 17.1 Å². The van der Waals surface area contributed by atoms with E-state index < -0.39 is 0 Å². The topological polar surface area (TPSA) is 15.3 Å². The van der Waals surface area contributed by atoms with Gasteiger partial charge in [0, 0.05) is 31.7 Å². The van der Waals surface area contributed by atoms with Crippen LogP contribution in [-0.4, -0.2) is 30.1 Å². The normalized spacial score (nSPS) is 27.0. The molecular formula is C18H27FN2. The van der Waals surface area contributed by atoms with E-state index in [1.54, 1.807) is 0 Å². The first-order chi connectivity index (χ1) is 10.1. The summed E-state index contributed by atoms with van der Waals surface area (Å²) in [5.74, 6) is 0.837. The zero-order chi connectivity index (χ0) is 15.0. The van der Waals surface area contributed by atoms with Crippen LogP contribution in [0.4, 0.5) is 4.39 Å². The van der Waals surface area contributed by atoms with Crippen molar-refractivity contribution < 1.29 is 4.39 Å². The van der Waals surface area contributed by atoms with Crippen molar-refractivity contribution in [1.82, 2.24) is 10.2 Å². The van der Waals surface area contributed by atoms with Crippen LogP contribution in [0.5, 0.6) is 0 Å². The summed E-state index contributed by atoms with van der Waals surface area (Å²) in [5.41, 5.74) is 2.79.